The van der Waals surface area contributed by atoms with E-state index in [0.717, 1.165) is 12.3 Å². The van der Waals surface area contributed by atoms with Gasteiger partial charge >= 0.3 is 12.1 Å². The van der Waals surface area contributed by atoms with Crippen molar-refractivity contribution in [1.29, 1.82) is 0 Å². The summed E-state index contributed by atoms with van der Waals surface area (Å²) in [6.45, 7) is 1.10. The molecule has 0 radical (unpaired) electrons. The zero-order valence-electron chi connectivity index (χ0n) is 11.8. The van der Waals surface area contributed by atoms with Gasteiger partial charge in [-0.3, -0.25) is 9.78 Å². The van der Waals surface area contributed by atoms with Crippen LogP contribution in [0.5, 0.6) is 0 Å². The van der Waals surface area contributed by atoms with E-state index in [9.17, 15) is 23.1 Å². The normalized spacial score (nSPS) is 18.0. The van der Waals surface area contributed by atoms with Gasteiger partial charge < -0.3 is 15.2 Å². The number of carboxylic acids is 1. The van der Waals surface area contributed by atoms with Crippen LogP contribution in [-0.2, 0) is 15.7 Å². The van der Waals surface area contributed by atoms with E-state index in [0.29, 0.717) is 26.1 Å². The Bertz CT molecular complexity index is 516. The number of aromatic nitrogens is 1. The number of carboxylic acid groups (broad SMARTS) is 1. The number of anilines is 1. The van der Waals surface area contributed by atoms with Crippen molar-refractivity contribution < 1.29 is 27.8 Å². The third kappa shape index (κ3) is 4.33. The summed E-state index contributed by atoms with van der Waals surface area (Å²) < 4.78 is 43.0. The molecule has 1 aliphatic heterocycles. The molecule has 8 heteroatoms. The van der Waals surface area contributed by atoms with Crippen LogP contribution in [0.1, 0.15) is 18.5 Å². The molecule has 1 saturated heterocycles. The Hall–Kier alpha value is -1.83. The average Bonchev–Trinajstić information content (AvgIpc) is 2.48. The van der Waals surface area contributed by atoms with Crippen LogP contribution in [0.3, 0.4) is 0 Å². The number of ether oxygens (including phenoxy) is 1. The summed E-state index contributed by atoms with van der Waals surface area (Å²) in [5, 5.41) is 12.1. The van der Waals surface area contributed by atoms with Gasteiger partial charge in [-0.15, -0.1) is 0 Å². The number of hydrogen-bond donors (Lipinski definition) is 2. The van der Waals surface area contributed by atoms with E-state index >= 15 is 0 Å². The van der Waals surface area contributed by atoms with Gasteiger partial charge in [0, 0.05) is 31.6 Å². The zero-order chi connectivity index (χ0) is 16.2. The maximum Gasteiger partial charge on any atom is 0.433 e. The standard InChI is InChI=1S/C14H17F3N2O3/c15-14(16,17)12-7-10(1-4-18-12)19-8-11(13(20)21)9-2-5-22-6-3-9/h1,4,7,9,11H,2-3,5-6,8H2,(H,18,19)(H,20,21). The van der Waals surface area contributed by atoms with Gasteiger partial charge in [-0.2, -0.15) is 13.2 Å². The number of nitrogens with zero attached hydrogens (tertiary/aromatic N) is 1. The van der Waals surface area contributed by atoms with Crippen molar-refractivity contribution in [2.24, 2.45) is 11.8 Å². The van der Waals surface area contributed by atoms with E-state index in [1.54, 1.807) is 0 Å². The van der Waals surface area contributed by atoms with Crippen molar-refractivity contribution in [3.05, 3.63) is 24.0 Å². The summed E-state index contributed by atoms with van der Waals surface area (Å²) in [6.07, 6.45) is -2.19. The summed E-state index contributed by atoms with van der Waals surface area (Å²) in [7, 11) is 0. The first-order valence-corrected chi connectivity index (χ1v) is 6.95. The lowest BCUT2D eigenvalue weighted by molar-refractivity contribution is -0.144. The van der Waals surface area contributed by atoms with Crippen LogP contribution in [0.2, 0.25) is 0 Å². The first kappa shape index (κ1) is 16.5. The van der Waals surface area contributed by atoms with Gasteiger partial charge in [0.15, 0.2) is 0 Å². The summed E-state index contributed by atoms with van der Waals surface area (Å²) in [5.41, 5.74) is -0.795. The lowest BCUT2D eigenvalue weighted by atomic mass is 9.86. The molecule has 0 bridgehead atoms. The lowest BCUT2D eigenvalue weighted by Gasteiger charge is -2.28. The number of nitrogens with one attached hydrogen (secondary N) is 1. The van der Waals surface area contributed by atoms with Gasteiger partial charge in [-0.05, 0) is 30.9 Å². The minimum absolute atomic E-state index is 0.0392. The molecule has 1 aliphatic rings. The van der Waals surface area contributed by atoms with E-state index in [-0.39, 0.29) is 18.2 Å². The van der Waals surface area contributed by atoms with E-state index < -0.39 is 23.8 Å². The summed E-state index contributed by atoms with van der Waals surface area (Å²) in [6, 6.07) is 2.26. The monoisotopic (exact) mass is 318 g/mol. The maximum atomic E-state index is 12.6. The van der Waals surface area contributed by atoms with Gasteiger partial charge in [-0.1, -0.05) is 0 Å². The molecule has 5 nitrogen and oxygen atoms in total. The van der Waals surface area contributed by atoms with Gasteiger partial charge in [0.05, 0.1) is 5.92 Å². The molecule has 2 heterocycles. The van der Waals surface area contributed by atoms with Gasteiger partial charge in [0.1, 0.15) is 5.69 Å². The lowest BCUT2D eigenvalue weighted by Crippen LogP contribution is -2.34. The van der Waals surface area contributed by atoms with Crippen LogP contribution < -0.4 is 5.32 Å². The zero-order valence-corrected chi connectivity index (χ0v) is 11.8. The molecular weight excluding hydrogens is 301 g/mol. The third-order valence-corrected chi connectivity index (χ3v) is 3.73. The smallest absolute Gasteiger partial charge is 0.433 e. The fourth-order valence-electron chi connectivity index (χ4n) is 2.50. The van der Waals surface area contributed by atoms with Crippen LogP contribution >= 0.6 is 0 Å². The first-order valence-electron chi connectivity index (χ1n) is 6.95. The van der Waals surface area contributed by atoms with Crippen molar-refractivity contribution in [2.75, 3.05) is 25.1 Å². The van der Waals surface area contributed by atoms with Crippen LogP contribution in [0.15, 0.2) is 18.3 Å². The Morgan fingerprint density at radius 3 is 2.73 bits per heavy atom. The van der Waals surface area contributed by atoms with Gasteiger partial charge in [0.25, 0.3) is 0 Å². The largest absolute Gasteiger partial charge is 0.481 e. The van der Waals surface area contributed by atoms with Crippen LogP contribution in [0.25, 0.3) is 0 Å². The SMILES string of the molecule is O=C(O)C(CNc1ccnc(C(F)(F)F)c1)C1CCOCC1. The van der Waals surface area contributed by atoms with E-state index in [2.05, 4.69) is 10.3 Å². The average molecular weight is 318 g/mol. The Kier molecular flexibility index (Phi) is 5.23. The van der Waals surface area contributed by atoms with Crippen LogP contribution in [-0.4, -0.2) is 35.8 Å². The molecule has 122 valence electrons. The summed E-state index contributed by atoms with van der Waals surface area (Å²) in [5.74, 6) is -1.65. The highest BCUT2D eigenvalue weighted by Gasteiger charge is 2.33. The molecule has 2 N–H and O–H groups in total. The van der Waals surface area contributed by atoms with Crippen molar-refractivity contribution in [1.82, 2.24) is 4.98 Å². The number of carbonyl (C=O) groups is 1. The Morgan fingerprint density at radius 2 is 2.14 bits per heavy atom. The third-order valence-electron chi connectivity index (χ3n) is 3.73. The number of halogens is 3. The fraction of sp³-hybridized carbons (Fsp3) is 0.571. The minimum atomic E-state index is -4.52. The van der Waals surface area contributed by atoms with Gasteiger partial charge in [-0.25, -0.2) is 0 Å². The molecule has 1 fully saturated rings. The van der Waals surface area contributed by atoms with Crippen LogP contribution in [0.4, 0.5) is 18.9 Å². The molecule has 22 heavy (non-hydrogen) atoms. The molecule has 0 spiro atoms. The summed E-state index contributed by atoms with van der Waals surface area (Å²) >= 11 is 0. The number of aliphatic carboxylic acids is 1. The minimum Gasteiger partial charge on any atom is -0.481 e. The molecule has 1 aromatic rings. The Labute approximate surface area is 125 Å². The van der Waals surface area contributed by atoms with Crippen molar-refractivity contribution in [3.8, 4) is 0 Å². The molecule has 2 rings (SSSR count). The van der Waals surface area contributed by atoms with Crippen molar-refractivity contribution >= 4 is 11.7 Å². The molecule has 0 aliphatic carbocycles. The number of alkyl halides is 3. The van der Waals surface area contributed by atoms with Crippen molar-refractivity contribution in [2.45, 2.75) is 19.0 Å². The number of pyridine rings is 1. The second kappa shape index (κ2) is 6.95. The Balaban J connectivity index is 2.01. The molecule has 0 aromatic carbocycles. The molecule has 1 atom stereocenters. The highest BCUT2D eigenvalue weighted by molar-refractivity contribution is 5.71. The molecule has 1 unspecified atom stereocenters. The van der Waals surface area contributed by atoms with Crippen molar-refractivity contribution in [3.63, 3.8) is 0 Å². The fourth-order valence-corrected chi connectivity index (χ4v) is 2.50. The van der Waals surface area contributed by atoms with E-state index in [1.807, 2.05) is 0 Å². The molecular formula is C14H17F3N2O3. The maximum absolute atomic E-state index is 12.6. The first-order chi connectivity index (χ1) is 10.4. The highest BCUT2D eigenvalue weighted by atomic mass is 19.4. The predicted octanol–water partition coefficient (Wildman–Crippen LogP) is 2.64. The predicted molar refractivity (Wildman–Crippen MR) is 72.4 cm³/mol. The molecule has 0 amide bonds. The topological polar surface area (TPSA) is 71.5 Å². The number of hydrogen-bond acceptors (Lipinski definition) is 4. The number of rotatable bonds is 5. The van der Waals surface area contributed by atoms with Crippen LogP contribution in [0, 0.1) is 11.8 Å². The summed E-state index contributed by atoms with van der Waals surface area (Å²) in [4.78, 5) is 14.6. The van der Waals surface area contributed by atoms with Gasteiger partial charge in [0.2, 0.25) is 0 Å². The second-order valence-electron chi connectivity index (χ2n) is 5.20. The molecule has 0 saturated carbocycles. The van der Waals surface area contributed by atoms with E-state index in [4.69, 9.17) is 4.74 Å². The second-order valence-corrected chi connectivity index (χ2v) is 5.20. The Morgan fingerprint density at radius 1 is 1.45 bits per heavy atom. The van der Waals surface area contributed by atoms with E-state index in [1.165, 1.54) is 6.07 Å². The quantitative estimate of drug-likeness (QED) is 0.873. The molecule has 1 aromatic heterocycles. The highest BCUT2D eigenvalue weighted by Crippen LogP contribution is 2.29.